The van der Waals surface area contributed by atoms with E-state index in [1.54, 1.807) is 6.92 Å². The summed E-state index contributed by atoms with van der Waals surface area (Å²) in [5.74, 6) is 3.36. The van der Waals surface area contributed by atoms with Gasteiger partial charge in [0.15, 0.2) is 11.6 Å². The van der Waals surface area contributed by atoms with Crippen LogP contribution in [-0.4, -0.2) is 50.9 Å². The molecule has 1 aromatic carbocycles. The molecule has 5 atom stereocenters. The zero-order chi connectivity index (χ0) is 25.3. The van der Waals surface area contributed by atoms with E-state index in [2.05, 4.69) is 22.5 Å². The highest BCUT2D eigenvalue weighted by molar-refractivity contribution is 5.87. The van der Waals surface area contributed by atoms with Gasteiger partial charge in [-0.1, -0.05) is 25.5 Å². The first-order valence-corrected chi connectivity index (χ1v) is 15.0. The predicted molar refractivity (Wildman–Crippen MR) is 147 cm³/mol. The van der Waals surface area contributed by atoms with Crippen LogP contribution in [0.25, 0.3) is 11.0 Å². The number of fused-ring (bicyclic) bond motifs is 5. The highest BCUT2D eigenvalue weighted by Gasteiger charge is 2.46. The molecule has 5 aliphatic rings. The zero-order valence-electron chi connectivity index (χ0n) is 22.5. The van der Waals surface area contributed by atoms with Gasteiger partial charge in [0.1, 0.15) is 0 Å². The molecule has 2 aliphatic carbocycles. The second-order valence-corrected chi connectivity index (χ2v) is 13.2. The van der Waals surface area contributed by atoms with Gasteiger partial charge in [0, 0.05) is 30.7 Å². The molecule has 4 heterocycles. The van der Waals surface area contributed by atoms with Gasteiger partial charge < -0.3 is 9.47 Å². The number of hydrogen-bond acceptors (Lipinski definition) is 5. The molecule has 2 saturated carbocycles. The number of ketones is 1. The maximum Gasteiger partial charge on any atom is 0.294 e. The molecule has 0 spiro atoms. The number of nitrogens with zero attached hydrogens (tertiary/aromatic N) is 4. The first-order valence-electron chi connectivity index (χ1n) is 15.0. The zero-order valence-corrected chi connectivity index (χ0v) is 22.5. The Labute approximate surface area is 220 Å². The van der Waals surface area contributed by atoms with Gasteiger partial charge in [0.2, 0.25) is 0 Å². The Bertz CT molecular complexity index is 1220. The molecule has 37 heavy (non-hydrogen) atoms. The monoisotopic (exact) mass is 502 g/mol. The van der Waals surface area contributed by atoms with Gasteiger partial charge in [-0.2, -0.15) is 0 Å². The third kappa shape index (κ3) is 4.05. The van der Waals surface area contributed by atoms with E-state index in [9.17, 15) is 9.59 Å². The summed E-state index contributed by atoms with van der Waals surface area (Å²) in [4.78, 5) is 36.0. The third-order valence-corrected chi connectivity index (χ3v) is 10.7. The molecule has 0 radical (unpaired) electrons. The van der Waals surface area contributed by atoms with Crippen molar-refractivity contribution in [1.82, 2.24) is 14.5 Å². The van der Waals surface area contributed by atoms with Crippen LogP contribution in [0, 0.1) is 17.8 Å². The molecular weight excluding hydrogens is 460 g/mol. The lowest BCUT2D eigenvalue weighted by Crippen LogP contribution is -2.59. The molecule has 5 unspecified atom stereocenters. The van der Waals surface area contributed by atoms with Crippen molar-refractivity contribution in [2.75, 3.05) is 11.4 Å². The average molecular weight is 503 g/mol. The minimum absolute atomic E-state index is 0.00218. The summed E-state index contributed by atoms with van der Waals surface area (Å²) in [5.41, 5.74) is 1.82. The second-order valence-electron chi connectivity index (χ2n) is 13.2. The molecule has 4 bridgehead atoms. The van der Waals surface area contributed by atoms with Crippen molar-refractivity contribution in [2.24, 2.45) is 17.8 Å². The molecule has 5 fully saturated rings. The minimum atomic E-state index is -0.204. The third-order valence-electron chi connectivity index (χ3n) is 10.7. The van der Waals surface area contributed by atoms with Gasteiger partial charge in [-0.15, -0.1) is 0 Å². The highest BCUT2D eigenvalue weighted by atomic mass is 16.1. The van der Waals surface area contributed by atoms with Gasteiger partial charge in [0.25, 0.3) is 5.56 Å². The molecular formula is C31H42N4O2. The van der Waals surface area contributed by atoms with E-state index in [1.165, 1.54) is 51.4 Å². The van der Waals surface area contributed by atoms with Gasteiger partial charge in [-0.3, -0.25) is 14.5 Å². The number of carbonyl (C=O) groups excluding carboxylic acids is 1. The first-order chi connectivity index (χ1) is 18.0. The SMILES string of the molecule is CC(=O)C1CCN1c1nc2ccccc2n(C2CC3CCCC(C2)N3C2CC3CC(C)CC(C3)C2)c1=O. The van der Waals surface area contributed by atoms with E-state index < -0.39 is 0 Å². The Hall–Kier alpha value is -2.21. The van der Waals surface area contributed by atoms with Crippen LogP contribution in [0.1, 0.15) is 90.5 Å². The van der Waals surface area contributed by atoms with Crippen LogP contribution in [0.2, 0.25) is 0 Å². The van der Waals surface area contributed by atoms with Crippen LogP contribution in [-0.2, 0) is 4.79 Å². The van der Waals surface area contributed by atoms with Gasteiger partial charge in [0.05, 0.1) is 17.1 Å². The van der Waals surface area contributed by atoms with E-state index in [0.717, 1.165) is 60.6 Å². The molecule has 3 aliphatic heterocycles. The quantitative estimate of drug-likeness (QED) is 0.565. The van der Waals surface area contributed by atoms with E-state index in [-0.39, 0.29) is 23.4 Å². The van der Waals surface area contributed by atoms with E-state index in [4.69, 9.17) is 4.98 Å². The Kier molecular flexibility index (Phi) is 5.95. The van der Waals surface area contributed by atoms with Crippen molar-refractivity contribution in [3.8, 4) is 0 Å². The maximum atomic E-state index is 14.1. The van der Waals surface area contributed by atoms with Crippen LogP contribution in [0.5, 0.6) is 0 Å². The summed E-state index contributed by atoms with van der Waals surface area (Å²) in [6, 6.07) is 10.0. The van der Waals surface area contributed by atoms with Crippen molar-refractivity contribution in [1.29, 1.82) is 0 Å². The minimum Gasteiger partial charge on any atom is -0.342 e. The van der Waals surface area contributed by atoms with E-state index in [0.29, 0.717) is 17.9 Å². The fourth-order valence-electron chi connectivity index (χ4n) is 9.34. The number of carbonyl (C=O) groups is 1. The molecule has 6 nitrogen and oxygen atoms in total. The summed E-state index contributed by atoms with van der Waals surface area (Å²) in [7, 11) is 0. The number of hydrogen-bond donors (Lipinski definition) is 0. The molecule has 3 saturated heterocycles. The van der Waals surface area contributed by atoms with Crippen molar-refractivity contribution in [3.63, 3.8) is 0 Å². The lowest BCUT2D eigenvalue weighted by Gasteiger charge is -2.56. The lowest BCUT2D eigenvalue weighted by molar-refractivity contribution is -0.119. The summed E-state index contributed by atoms with van der Waals surface area (Å²) in [6.07, 6.45) is 13.9. The summed E-state index contributed by atoms with van der Waals surface area (Å²) in [6.45, 7) is 4.83. The van der Waals surface area contributed by atoms with Crippen molar-refractivity contribution >= 4 is 22.6 Å². The number of anilines is 1. The van der Waals surface area contributed by atoms with Gasteiger partial charge in [-0.05, 0) is 101 Å². The molecule has 0 N–H and O–H groups in total. The van der Waals surface area contributed by atoms with Crippen molar-refractivity contribution < 1.29 is 4.79 Å². The standard InChI is InChI=1S/C31H42N4O2/c1-19-12-21-14-22(13-19)16-25(15-21)34-23-6-5-7-24(34)18-26(17-23)35-29-9-4-3-8-27(29)32-30(31(35)37)33-11-10-28(33)20(2)36/h3-4,8-9,19,21-26,28H,5-7,10-18H2,1-2H3. The lowest BCUT2D eigenvalue weighted by atomic mass is 9.65. The molecule has 1 aromatic heterocycles. The van der Waals surface area contributed by atoms with Crippen LogP contribution < -0.4 is 10.5 Å². The van der Waals surface area contributed by atoms with Crippen LogP contribution in [0.15, 0.2) is 29.1 Å². The molecule has 2 aromatic rings. The number of para-hydroxylation sites is 2. The average Bonchev–Trinajstić information content (AvgIpc) is 2.82. The number of Topliss-reactive ketones (excluding diaryl/α,β-unsaturated/α-hetero) is 1. The molecule has 6 heteroatoms. The largest absolute Gasteiger partial charge is 0.342 e. The van der Waals surface area contributed by atoms with E-state index >= 15 is 0 Å². The van der Waals surface area contributed by atoms with E-state index in [1.807, 2.05) is 23.1 Å². The smallest absolute Gasteiger partial charge is 0.294 e. The second kappa shape index (κ2) is 9.21. The van der Waals surface area contributed by atoms with Crippen molar-refractivity contribution in [2.45, 2.75) is 115 Å². The molecule has 0 amide bonds. The number of aromatic nitrogens is 2. The number of rotatable bonds is 4. The summed E-state index contributed by atoms with van der Waals surface area (Å²) in [5, 5.41) is 0. The Balaban J connectivity index is 1.22. The fraction of sp³-hybridized carbons (Fsp3) is 0.710. The molecule has 198 valence electrons. The first kappa shape index (κ1) is 23.9. The summed E-state index contributed by atoms with van der Waals surface area (Å²) < 4.78 is 2.09. The van der Waals surface area contributed by atoms with Gasteiger partial charge in [-0.25, -0.2) is 4.98 Å². The Morgan fingerprint density at radius 3 is 2.22 bits per heavy atom. The van der Waals surface area contributed by atoms with Crippen LogP contribution in [0.3, 0.4) is 0 Å². The number of piperidine rings is 2. The maximum absolute atomic E-state index is 14.1. The number of benzene rings is 1. The highest BCUT2D eigenvalue weighted by Crippen LogP contribution is 2.48. The fourth-order valence-corrected chi connectivity index (χ4v) is 9.34. The summed E-state index contributed by atoms with van der Waals surface area (Å²) >= 11 is 0. The predicted octanol–water partition coefficient (Wildman–Crippen LogP) is 5.34. The normalized spacial score (nSPS) is 37.8. The molecule has 7 rings (SSSR count). The van der Waals surface area contributed by atoms with Gasteiger partial charge >= 0.3 is 0 Å². The van der Waals surface area contributed by atoms with Crippen LogP contribution >= 0.6 is 0 Å². The van der Waals surface area contributed by atoms with Crippen LogP contribution in [0.4, 0.5) is 5.82 Å². The topological polar surface area (TPSA) is 58.4 Å². The Morgan fingerprint density at radius 1 is 0.865 bits per heavy atom. The Morgan fingerprint density at radius 2 is 1.57 bits per heavy atom. The van der Waals surface area contributed by atoms with Crippen molar-refractivity contribution in [3.05, 3.63) is 34.6 Å².